The van der Waals surface area contributed by atoms with Crippen molar-refractivity contribution in [1.29, 1.82) is 0 Å². The van der Waals surface area contributed by atoms with Crippen LogP contribution >= 0.6 is 0 Å². The first-order valence-electron chi connectivity index (χ1n) is 6.81. The van der Waals surface area contributed by atoms with Gasteiger partial charge in [-0.25, -0.2) is 0 Å². The lowest BCUT2D eigenvalue weighted by Gasteiger charge is -2.27. The molecule has 2 heteroatoms. The highest BCUT2D eigenvalue weighted by Gasteiger charge is 2.08. The Morgan fingerprint density at radius 2 is 1.40 bits per heavy atom. The lowest BCUT2D eigenvalue weighted by molar-refractivity contribution is 0.201. The summed E-state index contributed by atoms with van der Waals surface area (Å²) in [6.07, 6.45) is 7.18. The second kappa shape index (κ2) is 8.12. The number of likely N-dealkylation sites (N-methyl/N-ethyl adjacent to an activating group) is 1. The average Bonchev–Trinajstić information content (AvgIpc) is 2.21. The monoisotopic (exact) mass is 212 g/mol. The van der Waals surface area contributed by atoms with E-state index in [4.69, 9.17) is 0 Å². The largest absolute Gasteiger partial charge is 0.303 e. The number of nitrogens with zero attached hydrogens (tertiary/aromatic N) is 2. The van der Waals surface area contributed by atoms with Gasteiger partial charge in [0.05, 0.1) is 0 Å². The third kappa shape index (κ3) is 5.53. The van der Waals surface area contributed by atoms with Gasteiger partial charge in [-0.15, -0.1) is 0 Å². The van der Waals surface area contributed by atoms with Gasteiger partial charge in [-0.2, -0.15) is 0 Å². The molecule has 0 N–H and O–H groups in total. The molecule has 1 heterocycles. The lowest BCUT2D eigenvalue weighted by Crippen LogP contribution is -2.36. The first kappa shape index (κ1) is 13.0. The summed E-state index contributed by atoms with van der Waals surface area (Å²) in [5, 5.41) is 0. The van der Waals surface area contributed by atoms with Crippen LogP contribution in [0.15, 0.2) is 0 Å². The van der Waals surface area contributed by atoms with E-state index < -0.39 is 0 Å². The second-order valence-corrected chi connectivity index (χ2v) is 4.64. The summed E-state index contributed by atoms with van der Waals surface area (Å²) in [7, 11) is 0. The summed E-state index contributed by atoms with van der Waals surface area (Å²) in [6.45, 7) is 12.1. The van der Waals surface area contributed by atoms with Crippen molar-refractivity contribution in [2.75, 3.05) is 39.3 Å². The molecule has 1 saturated heterocycles. The molecule has 0 atom stereocenters. The van der Waals surface area contributed by atoms with Crippen LogP contribution in [0.5, 0.6) is 0 Å². The zero-order valence-corrected chi connectivity index (χ0v) is 10.7. The number of hydrogen-bond donors (Lipinski definition) is 0. The maximum atomic E-state index is 2.66. The Bertz CT molecular complexity index is 135. The van der Waals surface area contributed by atoms with Gasteiger partial charge < -0.3 is 9.80 Å². The van der Waals surface area contributed by atoms with E-state index in [1.165, 1.54) is 71.4 Å². The molecule has 1 fully saturated rings. The zero-order valence-electron chi connectivity index (χ0n) is 10.7. The standard InChI is InChI=1S/C13H28N2/c1-3-14(4-2)12-13-15-10-8-6-5-7-9-11-15/h3-13H2,1-2H3. The Balaban J connectivity index is 2.16. The molecule has 0 bridgehead atoms. The van der Waals surface area contributed by atoms with Gasteiger partial charge in [0, 0.05) is 13.1 Å². The molecular weight excluding hydrogens is 184 g/mol. The van der Waals surface area contributed by atoms with Gasteiger partial charge in [0.25, 0.3) is 0 Å². The summed E-state index contributed by atoms with van der Waals surface area (Å²) < 4.78 is 0. The highest BCUT2D eigenvalue weighted by molar-refractivity contribution is 4.64. The van der Waals surface area contributed by atoms with Crippen molar-refractivity contribution < 1.29 is 0 Å². The van der Waals surface area contributed by atoms with E-state index >= 15 is 0 Å². The van der Waals surface area contributed by atoms with Crippen LogP contribution in [-0.4, -0.2) is 49.1 Å². The van der Waals surface area contributed by atoms with Crippen molar-refractivity contribution in [3.8, 4) is 0 Å². The minimum Gasteiger partial charge on any atom is -0.303 e. The van der Waals surface area contributed by atoms with E-state index in [-0.39, 0.29) is 0 Å². The number of hydrogen-bond acceptors (Lipinski definition) is 2. The molecule has 0 unspecified atom stereocenters. The van der Waals surface area contributed by atoms with Crippen LogP contribution in [0.4, 0.5) is 0 Å². The topological polar surface area (TPSA) is 6.48 Å². The highest BCUT2D eigenvalue weighted by atomic mass is 15.2. The van der Waals surface area contributed by atoms with Gasteiger partial charge >= 0.3 is 0 Å². The summed E-state index contributed by atoms with van der Waals surface area (Å²) >= 11 is 0. The predicted octanol–water partition coefficient (Wildman–Crippen LogP) is 2.59. The molecule has 2 nitrogen and oxygen atoms in total. The Hall–Kier alpha value is -0.0800. The van der Waals surface area contributed by atoms with E-state index in [0.29, 0.717) is 0 Å². The van der Waals surface area contributed by atoms with Crippen LogP contribution in [0, 0.1) is 0 Å². The molecule has 0 aromatic carbocycles. The zero-order chi connectivity index (χ0) is 10.9. The third-order valence-corrected chi connectivity index (χ3v) is 3.58. The molecule has 15 heavy (non-hydrogen) atoms. The average molecular weight is 212 g/mol. The maximum absolute atomic E-state index is 2.66. The molecule has 0 amide bonds. The van der Waals surface area contributed by atoms with Gasteiger partial charge in [-0.1, -0.05) is 33.1 Å². The van der Waals surface area contributed by atoms with Crippen LogP contribution in [0.1, 0.15) is 46.0 Å². The van der Waals surface area contributed by atoms with Gasteiger partial charge in [0.15, 0.2) is 0 Å². The quantitative estimate of drug-likeness (QED) is 0.691. The Labute approximate surface area is 95.6 Å². The Morgan fingerprint density at radius 3 is 1.93 bits per heavy atom. The second-order valence-electron chi connectivity index (χ2n) is 4.64. The SMILES string of the molecule is CCN(CC)CCN1CCCCCCC1. The molecule has 0 saturated carbocycles. The third-order valence-electron chi connectivity index (χ3n) is 3.58. The molecule has 0 aromatic rings. The first-order chi connectivity index (χ1) is 7.36. The van der Waals surface area contributed by atoms with Crippen LogP contribution in [0.2, 0.25) is 0 Å². The highest BCUT2D eigenvalue weighted by Crippen LogP contribution is 2.10. The van der Waals surface area contributed by atoms with Gasteiger partial charge in [-0.05, 0) is 39.0 Å². The van der Waals surface area contributed by atoms with Crippen LogP contribution in [-0.2, 0) is 0 Å². The summed E-state index contributed by atoms with van der Waals surface area (Å²) in [6, 6.07) is 0. The van der Waals surface area contributed by atoms with E-state index in [9.17, 15) is 0 Å². The molecule has 0 spiro atoms. The van der Waals surface area contributed by atoms with Gasteiger partial charge in [0.1, 0.15) is 0 Å². The first-order valence-corrected chi connectivity index (χ1v) is 6.81. The molecule has 90 valence electrons. The Kier molecular flexibility index (Phi) is 7.03. The van der Waals surface area contributed by atoms with Crippen molar-refractivity contribution in [3.63, 3.8) is 0 Å². The maximum Gasteiger partial charge on any atom is 0.0109 e. The summed E-state index contributed by atoms with van der Waals surface area (Å²) in [5.41, 5.74) is 0. The van der Waals surface area contributed by atoms with Gasteiger partial charge in [-0.3, -0.25) is 0 Å². The minimum absolute atomic E-state index is 1.20. The number of likely N-dealkylation sites (tertiary alicyclic amines) is 1. The summed E-state index contributed by atoms with van der Waals surface area (Å²) in [4.78, 5) is 5.19. The van der Waals surface area contributed by atoms with Crippen molar-refractivity contribution in [3.05, 3.63) is 0 Å². The Morgan fingerprint density at radius 1 is 0.867 bits per heavy atom. The van der Waals surface area contributed by atoms with Crippen LogP contribution in [0.3, 0.4) is 0 Å². The molecule has 1 aliphatic heterocycles. The normalized spacial score (nSPS) is 20.2. The molecule has 0 radical (unpaired) electrons. The van der Waals surface area contributed by atoms with Gasteiger partial charge in [0.2, 0.25) is 0 Å². The molecule has 0 aromatic heterocycles. The fraction of sp³-hybridized carbons (Fsp3) is 1.00. The van der Waals surface area contributed by atoms with Crippen molar-refractivity contribution in [2.45, 2.75) is 46.0 Å². The van der Waals surface area contributed by atoms with Crippen molar-refractivity contribution in [2.24, 2.45) is 0 Å². The molecular formula is C13H28N2. The predicted molar refractivity (Wildman–Crippen MR) is 67.3 cm³/mol. The lowest BCUT2D eigenvalue weighted by atomic mass is 10.1. The minimum atomic E-state index is 1.20. The van der Waals surface area contributed by atoms with E-state index in [1.807, 2.05) is 0 Å². The molecule has 1 aliphatic rings. The molecule has 1 rings (SSSR count). The fourth-order valence-corrected chi connectivity index (χ4v) is 2.36. The van der Waals surface area contributed by atoms with E-state index in [0.717, 1.165) is 0 Å². The van der Waals surface area contributed by atoms with E-state index in [1.54, 1.807) is 0 Å². The smallest absolute Gasteiger partial charge is 0.0109 e. The fourth-order valence-electron chi connectivity index (χ4n) is 2.36. The van der Waals surface area contributed by atoms with Crippen LogP contribution < -0.4 is 0 Å². The van der Waals surface area contributed by atoms with Crippen molar-refractivity contribution in [1.82, 2.24) is 9.80 Å². The summed E-state index contributed by atoms with van der Waals surface area (Å²) in [5.74, 6) is 0. The molecule has 0 aliphatic carbocycles. The van der Waals surface area contributed by atoms with E-state index in [2.05, 4.69) is 23.6 Å². The number of rotatable bonds is 5. The van der Waals surface area contributed by atoms with Crippen molar-refractivity contribution >= 4 is 0 Å². The van der Waals surface area contributed by atoms with Crippen LogP contribution in [0.25, 0.3) is 0 Å².